The fourth-order valence-corrected chi connectivity index (χ4v) is 3.46. The molecule has 0 aliphatic carbocycles. The van der Waals surface area contributed by atoms with Gasteiger partial charge in [-0.1, -0.05) is 6.92 Å². The number of rotatable bonds is 4. The van der Waals surface area contributed by atoms with Crippen molar-refractivity contribution in [1.29, 1.82) is 0 Å². The largest absolute Gasteiger partial charge is 0.481 e. The molecule has 1 aliphatic heterocycles. The number of hydrogen-bond acceptors (Lipinski definition) is 3. The lowest BCUT2D eigenvalue weighted by molar-refractivity contribution is -0.138. The standard InChI is InChI=1S/C18H23N3O3/c1-12-3-6-21-11-15(19-16(21)9-12)18(24)20-7-4-14(5-8-20)13(2)10-17(22)23/h3,6,9,11,13-14H,4-5,7-8,10H2,1-2H3,(H,22,23). The number of imidazole rings is 1. The summed E-state index contributed by atoms with van der Waals surface area (Å²) in [5.74, 6) is -0.270. The summed E-state index contributed by atoms with van der Waals surface area (Å²) in [4.78, 5) is 29.8. The number of aliphatic carboxylic acids is 1. The minimum atomic E-state index is -0.749. The number of carboxylic acid groups (broad SMARTS) is 1. The third-order valence-corrected chi connectivity index (χ3v) is 4.96. The van der Waals surface area contributed by atoms with Crippen LogP contribution in [0.25, 0.3) is 5.65 Å². The summed E-state index contributed by atoms with van der Waals surface area (Å²) in [6, 6.07) is 3.94. The van der Waals surface area contributed by atoms with Gasteiger partial charge in [-0.25, -0.2) is 4.98 Å². The van der Waals surface area contributed by atoms with Crippen molar-refractivity contribution in [2.75, 3.05) is 13.1 Å². The highest BCUT2D eigenvalue weighted by Gasteiger charge is 2.28. The summed E-state index contributed by atoms with van der Waals surface area (Å²) < 4.78 is 1.86. The molecular weight excluding hydrogens is 306 g/mol. The molecule has 1 unspecified atom stereocenters. The summed E-state index contributed by atoms with van der Waals surface area (Å²) >= 11 is 0. The highest BCUT2D eigenvalue weighted by molar-refractivity contribution is 5.93. The summed E-state index contributed by atoms with van der Waals surface area (Å²) in [6.07, 6.45) is 5.59. The van der Waals surface area contributed by atoms with Crippen molar-refractivity contribution >= 4 is 17.5 Å². The third kappa shape index (κ3) is 3.42. The first-order valence-corrected chi connectivity index (χ1v) is 8.40. The van der Waals surface area contributed by atoms with Crippen LogP contribution in [0, 0.1) is 18.8 Å². The van der Waals surface area contributed by atoms with Crippen LogP contribution in [-0.4, -0.2) is 44.4 Å². The molecule has 24 heavy (non-hydrogen) atoms. The molecule has 1 fully saturated rings. The second kappa shape index (κ2) is 6.63. The molecule has 1 N–H and O–H groups in total. The second-order valence-corrected chi connectivity index (χ2v) is 6.80. The van der Waals surface area contributed by atoms with Gasteiger partial charge in [0.2, 0.25) is 0 Å². The van der Waals surface area contributed by atoms with Gasteiger partial charge in [0.05, 0.1) is 0 Å². The third-order valence-electron chi connectivity index (χ3n) is 4.96. The van der Waals surface area contributed by atoms with Crippen LogP contribution in [0.3, 0.4) is 0 Å². The highest BCUT2D eigenvalue weighted by atomic mass is 16.4. The van der Waals surface area contributed by atoms with Crippen molar-refractivity contribution < 1.29 is 14.7 Å². The van der Waals surface area contributed by atoms with E-state index in [-0.39, 0.29) is 18.2 Å². The zero-order chi connectivity index (χ0) is 17.3. The predicted molar refractivity (Wildman–Crippen MR) is 90.0 cm³/mol. The Morgan fingerprint density at radius 1 is 1.38 bits per heavy atom. The lowest BCUT2D eigenvalue weighted by Crippen LogP contribution is -2.40. The van der Waals surface area contributed by atoms with E-state index < -0.39 is 5.97 Å². The Morgan fingerprint density at radius 2 is 2.08 bits per heavy atom. The lowest BCUT2D eigenvalue weighted by atomic mass is 9.83. The summed E-state index contributed by atoms with van der Waals surface area (Å²) in [5.41, 5.74) is 2.36. The summed E-state index contributed by atoms with van der Waals surface area (Å²) in [7, 11) is 0. The molecule has 1 aliphatic rings. The van der Waals surface area contributed by atoms with Gasteiger partial charge in [-0.3, -0.25) is 9.59 Å². The van der Waals surface area contributed by atoms with E-state index in [9.17, 15) is 9.59 Å². The van der Waals surface area contributed by atoms with Crippen molar-refractivity contribution in [3.05, 3.63) is 35.8 Å². The van der Waals surface area contributed by atoms with Crippen LogP contribution in [0.4, 0.5) is 0 Å². The molecule has 0 aromatic carbocycles. The lowest BCUT2D eigenvalue weighted by Gasteiger charge is -2.34. The average Bonchev–Trinajstić information content (AvgIpc) is 2.96. The molecule has 0 bridgehead atoms. The van der Waals surface area contributed by atoms with Crippen molar-refractivity contribution in [3.8, 4) is 0 Å². The van der Waals surface area contributed by atoms with Gasteiger partial charge in [-0.2, -0.15) is 0 Å². The van der Waals surface area contributed by atoms with Crippen molar-refractivity contribution in [2.24, 2.45) is 11.8 Å². The van der Waals surface area contributed by atoms with Crippen molar-refractivity contribution in [1.82, 2.24) is 14.3 Å². The molecule has 6 heteroatoms. The van der Waals surface area contributed by atoms with Gasteiger partial charge in [0, 0.05) is 31.9 Å². The number of carbonyl (C=O) groups excluding carboxylic acids is 1. The van der Waals surface area contributed by atoms with Gasteiger partial charge < -0.3 is 14.4 Å². The highest BCUT2D eigenvalue weighted by Crippen LogP contribution is 2.27. The molecule has 0 saturated carbocycles. The van der Waals surface area contributed by atoms with Crippen LogP contribution >= 0.6 is 0 Å². The summed E-state index contributed by atoms with van der Waals surface area (Å²) in [6.45, 7) is 5.32. The van der Waals surface area contributed by atoms with E-state index in [1.807, 2.05) is 41.5 Å². The molecule has 0 spiro atoms. The Balaban J connectivity index is 1.65. The maximum absolute atomic E-state index is 12.7. The number of likely N-dealkylation sites (tertiary alicyclic amines) is 1. The molecule has 2 aromatic rings. The van der Waals surface area contributed by atoms with Gasteiger partial charge >= 0.3 is 5.97 Å². The Bertz CT molecular complexity index is 760. The molecule has 128 valence electrons. The Labute approximate surface area is 141 Å². The van der Waals surface area contributed by atoms with E-state index in [0.29, 0.717) is 24.7 Å². The normalized spacial score (nSPS) is 17.2. The summed E-state index contributed by atoms with van der Waals surface area (Å²) in [5, 5.41) is 8.92. The quantitative estimate of drug-likeness (QED) is 0.935. The molecule has 1 atom stereocenters. The molecule has 6 nitrogen and oxygen atoms in total. The fourth-order valence-electron chi connectivity index (χ4n) is 3.46. The number of pyridine rings is 1. The van der Waals surface area contributed by atoms with Crippen LogP contribution in [0.15, 0.2) is 24.5 Å². The number of nitrogens with zero attached hydrogens (tertiary/aromatic N) is 3. The number of aromatic nitrogens is 2. The zero-order valence-electron chi connectivity index (χ0n) is 14.1. The SMILES string of the molecule is Cc1ccn2cc(C(=O)N3CCC(C(C)CC(=O)O)CC3)nc2c1. The number of hydrogen-bond donors (Lipinski definition) is 1. The smallest absolute Gasteiger partial charge is 0.303 e. The number of aryl methyl sites for hydroxylation is 1. The molecule has 3 rings (SSSR count). The molecule has 1 amide bonds. The molecular formula is C18H23N3O3. The minimum absolute atomic E-state index is 0.0410. The van der Waals surface area contributed by atoms with Crippen molar-refractivity contribution in [3.63, 3.8) is 0 Å². The van der Waals surface area contributed by atoms with E-state index in [4.69, 9.17) is 5.11 Å². The number of amides is 1. The fraction of sp³-hybridized carbons (Fsp3) is 0.500. The predicted octanol–water partition coefficient (Wildman–Crippen LogP) is 2.61. The first kappa shape index (κ1) is 16.5. The molecule has 0 radical (unpaired) electrons. The van der Waals surface area contributed by atoms with Crippen molar-refractivity contribution in [2.45, 2.75) is 33.1 Å². The Hall–Kier alpha value is -2.37. The minimum Gasteiger partial charge on any atom is -0.481 e. The van der Waals surface area contributed by atoms with E-state index in [1.165, 1.54) is 0 Å². The number of piperidine rings is 1. The Kier molecular flexibility index (Phi) is 4.55. The maximum atomic E-state index is 12.7. The van der Waals surface area contributed by atoms with Crippen LogP contribution in [0.5, 0.6) is 0 Å². The zero-order valence-corrected chi connectivity index (χ0v) is 14.1. The van der Waals surface area contributed by atoms with E-state index in [2.05, 4.69) is 4.98 Å². The average molecular weight is 329 g/mol. The van der Waals surface area contributed by atoms with Gasteiger partial charge in [0.25, 0.3) is 5.91 Å². The molecule has 1 saturated heterocycles. The molecule has 2 aromatic heterocycles. The number of carboxylic acids is 1. The topological polar surface area (TPSA) is 74.9 Å². The number of fused-ring (bicyclic) bond motifs is 1. The van der Waals surface area contributed by atoms with Gasteiger partial charge in [0.15, 0.2) is 0 Å². The number of carbonyl (C=O) groups is 2. The van der Waals surface area contributed by atoms with E-state index in [1.54, 1.807) is 6.20 Å². The van der Waals surface area contributed by atoms with Gasteiger partial charge in [-0.15, -0.1) is 0 Å². The first-order valence-electron chi connectivity index (χ1n) is 8.40. The van der Waals surface area contributed by atoms with Gasteiger partial charge in [0.1, 0.15) is 11.3 Å². The van der Waals surface area contributed by atoms with E-state index in [0.717, 1.165) is 24.1 Å². The second-order valence-electron chi connectivity index (χ2n) is 6.80. The van der Waals surface area contributed by atoms with Crippen LogP contribution < -0.4 is 0 Å². The van der Waals surface area contributed by atoms with Crippen LogP contribution in [-0.2, 0) is 4.79 Å². The van der Waals surface area contributed by atoms with Crippen LogP contribution in [0.1, 0.15) is 42.2 Å². The maximum Gasteiger partial charge on any atom is 0.303 e. The Morgan fingerprint density at radius 3 is 2.75 bits per heavy atom. The molecule has 3 heterocycles. The van der Waals surface area contributed by atoms with E-state index >= 15 is 0 Å². The first-order chi connectivity index (χ1) is 11.4. The van der Waals surface area contributed by atoms with Gasteiger partial charge in [-0.05, 0) is 49.3 Å². The van der Waals surface area contributed by atoms with Crippen LogP contribution in [0.2, 0.25) is 0 Å². The monoisotopic (exact) mass is 329 g/mol.